The second-order valence-electron chi connectivity index (χ2n) is 7.28. The van der Waals surface area contributed by atoms with Gasteiger partial charge in [0.05, 0.1) is 0 Å². The number of rotatable bonds is 7. The molecule has 4 rings (SSSR count). The molecule has 0 radical (unpaired) electrons. The Hall–Kier alpha value is -2.67. The number of imidazole rings is 1. The zero-order valence-corrected chi connectivity index (χ0v) is 16.7. The van der Waals surface area contributed by atoms with E-state index in [0.29, 0.717) is 31.3 Å². The Kier molecular flexibility index (Phi) is 5.17. The molecule has 1 aromatic carbocycles. The number of hydrogen-bond donors (Lipinski definition) is 1. The van der Waals surface area contributed by atoms with Gasteiger partial charge >= 0.3 is 5.69 Å². The maximum atomic E-state index is 13.2. The molecule has 0 aliphatic carbocycles. The minimum Gasteiger partial charge on any atom is -0.371 e. The Labute approximate surface area is 164 Å². The molecule has 0 spiro atoms. The molecule has 0 saturated carbocycles. The quantitative estimate of drug-likeness (QED) is 0.681. The van der Waals surface area contributed by atoms with Crippen LogP contribution in [0, 0.1) is 0 Å². The smallest absolute Gasteiger partial charge is 0.331 e. The Bertz CT molecular complexity index is 979. The highest BCUT2D eigenvalue weighted by Gasteiger charge is 2.32. The average molecular weight is 381 g/mol. The van der Waals surface area contributed by atoms with E-state index in [1.807, 2.05) is 36.6 Å². The molecular formula is C21H27N5O2. The van der Waals surface area contributed by atoms with Gasteiger partial charge in [0.2, 0.25) is 0 Å². The fourth-order valence-corrected chi connectivity index (χ4v) is 3.88. The van der Waals surface area contributed by atoms with Crippen LogP contribution in [-0.2, 0) is 24.2 Å². The zero-order valence-electron chi connectivity index (χ0n) is 16.7. The van der Waals surface area contributed by atoms with Gasteiger partial charge in [-0.1, -0.05) is 37.3 Å². The van der Waals surface area contributed by atoms with Crippen molar-refractivity contribution in [3.63, 3.8) is 0 Å². The molecule has 3 aliphatic heterocycles. The largest absolute Gasteiger partial charge is 0.371 e. The molecule has 1 unspecified atom stereocenters. The van der Waals surface area contributed by atoms with E-state index < -0.39 is 0 Å². The Morgan fingerprint density at radius 3 is 2.75 bits per heavy atom. The Balaban J connectivity index is 1.74. The van der Waals surface area contributed by atoms with Crippen molar-refractivity contribution in [2.24, 2.45) is 0 Å². The lowest BCUT2D eigenvalue weighted by molar-refractivity contribution is 0.0708. The van der Waals surface area contributed by atoms with Gasteiger partial charge < -0.3 is 10.1 Å². The molecule has 1 N–H and O–H groups in total. The van der Waals surface area contributed by atoms with Crippen molar-refractivity contribution < 1.29 is 4.74 Å². The van der Waals surface area contributed by atoms with E-state index in [0.717, 1.165) is 24.4 Å². The van der Waals surface area contributed by atoms with Gasteiger partial charge in [0, 0.05) is 25.7 Å². The normalized spacial score (nSPS) is 16.9. The van der Waals surface area contributed by atoms with Gasteiger partial charge in [0.15, 0.2) is 11.6 Å². The average Bonchev–Trinajstić information content (AvgIpc) is 3.31. The topological polar surface area (TPSA) is 74.0 Å². The molecule has 3 aliphatic rings. The van der Waals surface area contributed by atoms with Crippen LogP contribution in [0.4, 0.5) is 5.82 Å². The van der Waals surface area contributed by atoms with Gasteiger partial charge in [-0.05, 0) is 32.3 Å². The molecule has 28 heavy (non-hydrogen) atoms. The van der Waals surface area contributed by atoms with Crippen molar-refractivity contribution in [3.05, 3.63) is 52.2 Å². The van der Waals surface area contributed by atoms with Crippen LogP contribution in [0.25, 0.3) is 11.5 Å². The number of nitrogens with zero attached hydrogens (tertiary/aromatic N) is 4. The van der Waals surface area contributed by atoms with Gasteiger partial charge in [-0.25, -0.2) is 14.8 Å². The van der Waals surface area contributed by atoms with Gasteiger partial charge in [0.25, 0.3) is 0 Å². The first-order chi connectivity index (χ1) is 13.6. The van der Waals surface area contributed by atoms with Crippen molar-refractivity contribution in [1.29, 1.82) is 0 Å². The van der Waals surface area contributed by atoms with E-state index in [-0.39, 0.29) is 17.8 Å². The molecule has 1 aromatic rings. The van der Waals surface area contributed by atoms with Crippen molar-refractivity contribution in [3.8, 4) is 11.5 Å². The lowest BCUT2D eigenvalue weighted by atomic mass is 10.1. The van der Waals surface area contributed by atoms with Crippen molar-refractivity contribution in [1.82, 2.24) is 19.1 Å². The Morgan fingerprint density at radius 2 is 2.04 bits per heavy atom. The highest BCUT2D eigenvalue weighted by molar-refractivity contribution is 5.70. The predicted molar refractivity (Wildman–Crippen MR) is 109 cm³/mol. The third-order valence-electron chi connectivity index (χ3n) is 5.17. The lowest BCUT2D eigenvalue weighted by Crippen LogP contribution is -2.32. The first kappa shape index (κ1) is 18.7. The van der Waals surface area contributed by atoms with Gasteiger partial charge in [-0.15, -0.1) is 0 Å². The molecule has 0 saturated heterocycles. The molecule has 3 heterocycles. The zero-order chi connectivity index (χ0) is 19.7. The summed E-state index contributed by atoms with van der Waals surface area (Å²) in [7, 11) is 0. The van der Waals surface area contributed by atoms with Crippen LogP contribution in [0.1, 0.15) is 44.7 Å². The van der Waals surface area contributed by atoms with Gasteiger partial charge in [-0.3, -0.25) is 9.13 Å². The summed E-state index contributed by atoms with van der Waals surface area (Å²) in [5.41, 5.74) is 1.98. The van der Waals surface area contributed by atoms with Crippen LogP contribution in [0.5, 0.6) is 0 Å². The number of fused-ring (bicyclic) bond motifs is 3. The number of aromatic nitrogens is 4. The van der Waals surface area contributed by atoms with Crippen LogP contribution in [-0.4, -0.2) is 31.8 Å². The SMILES string of the molecule is CCCn1c2nc(C(C)OCC)nc-2c2n(c1=O)C[C@@H](Cc1ccccc1)N2. The summed E-state index contributed by atoms with van der Waals surface area (Å²) in [4.78, 5) is 22.6. The maximum Gasteiger partial charge on any atom is 0.331 e. The van der Waals surface area contributed by atoms with E-state index >= 15 is 0 Å². The van der Waals surface area contributed by atoms with Crippen LogP contribution in [0.15, 0.2) is 35.1 Å². The Morgan fingerprint density at radius 1 is 1.25 bits per heavy atom. The third-order valence-corrected chi connectivity index (χ3v) is 5.17. The van der Waals surface area contributed by atoms with Crippen LogP contribution in [0.2, 0.25) is 0 Å². The van der Waals surface area contributed by atoms with Crippen LogP contribution in [0.3, 0.4) is 0 Å². The summed E-state index contributed by atoms with van der Waals surface area (Å²) < 4.78 is 9.23. The summed E-state index contributed by atoms with van der Waals surface area (Å²) in [6.45, 7) is 7.81. The second kappa shape index (κ2) is 7.75. The molecule has 0 amide bonds. The summed E-state index contributed by atoms with van der Waals surface area (Å²) in [5.74, 6) is 2.05. The number of nitrogens with one attached hydrogen (secondary N) is 1. The van der Waals surface area contributed by atoms with Crippen LogP contribution >= 0.6 is 0 Å². The second-order valence-corrected chi connectivity index (χ2v) is 7.28. The summed E-state index contributed by atoms with van der Waals surface area (Å²) >= 11 is 0. The molecule has 7 nitrogen and oxygen atoms in total. The standard InChI is InChI=1S/C21H27N5O2/c1-4-11-25-20-17(23-18(24-20)14(3)28-5-2)19-22-16(13-26(19)21(25)27)12-15-9-7-6-8-10-15/h6-10,14,16,22H,4-5,11-13H2,1-3H3/t14?,16-/m1/s1. The molecule has 0 fully saturated rings. The first-order valence-electron chi connectivity index (χ1n) is 10.0. The molecule has 0 bridgehead atoms. The fraction of sp³-hybridized carbons (Fsp3) is 0.476. The number of benzene rings is 1. The third kappa shape index (κ3) is 3.30. The fourth-order valence-electron chi connectivity index (χ4n) is 3.88. The minimum absolute atomic E-state index is 0.0251. The maximum absolute atomic E-state index is 13.2. The molecular weight excluding hydrogens is 354 g/mol. The van der Waals surface area contributed by atoms with Crippen molar-refractivity contribution in [2.45, 2.75) is 58.8 Å². The monoisotopic (exact) mass is 381 g/mol. The summed E-state index contributed by atoms with van der Waals surface area (Å²) in [6.07, 6.45) is 1.51. The summed E-state index contributed by atoms with van der Waals surface area (Å²) in [5, 5.41) is 3.53. The van der Waals surface area contributed by atoms with Crippen molar-refractivity contribution in [2.75, 3.05) is 11.9 Å². The van der Waals surface area contributed by atoms with Gasteiger partial charge in [-0.2, -0.15) is 0 Å². The van der Waals surface area contributed by atoms with E-state index in [2.05, 4.69) is 29.4 Å². The summed E-state index contributed by atoms with van der Waals surface area (Å²) in [6, 6.07) is 10.5. The molecule has 2 atom stereocenters. The number of anilines is 1. The van der Waals surface area contributed by atoms with E-state index in [4.69, 9.17) is 9.72 Å². The van der Waals surface area contributed by atoms with E-state index in [1.165, 1.54) is 5.56 Å². The highest BCUT2D eigenvalue weighted by Crippen LogP contribution is 2.32. The van der Waals surface area contributed by atoms with Crippen molar-refractivity contribution >= 4 is 5.82 Å². The van der Waals surface area contributed by atoms with Crippen LogP contribution < -0.4 is 11.0 Å². The van der Waals surface area contributed by atoms with E-state index in [9.17, 15) is 4.79 Å². The van der Waals surface area contributed by atoms with Gasteiger partial charge in [0.1, 0.15) is 17.6 Å². The van der Waals surface area contributed by atoms with E-state index in [1.54, 1.807) is 4.57 Å². The molecule has 7 heteroatoms. The number of ether oxygens (including phenoxy) is 1. The molecule has 148 valence electrons. The number of hydrogen-bond acceptors (Lipinski definition) is 5. The first-order valence-corrected chi connectivity index (χ1v) is 10.0. The predicted octanol–water partition coefficient (Wildman–Crippen LogP) is 3.09. The highest BCUT2D eigenvalue weighted by atomic mass is 16.5. The molecule has 0 aromatic heterocycles. The lowest BCUT2D eigenvalue weighted by Gasteiger charge is -2.13. The minimum atomic E-state index is -0.204.